The molecular weight excluding hydrogens is 214 g/mol. The number of hydrogen-bond donors (Lipinski definition) is 0. The maximum atomic E-state index is 9.07. The highest BCUT2D eigenvalue weighted by atomic mass is 16.5. The average Bonchev–Trinajstić information content (AvgIpc) is 2.39. The van der Waals surface area contributed by atoms with Crippen molar-refractivity contribution in [3.05, 3.63) is 23.8 Å². The van der Waals surface area contributed by atoms with E-state index in [-0.39, 0.29) is 0 Å². The van der Waals surface area contributed by atoms with Gasteiger partial charge < -0.3 is 9.64 Å². The summed E-state index contributed by atoms with van der Waals surface area (Å²) in [5.41, 5.74) is 1.43. The zero-order valence-corrected chi connectivity index (χ0v) is 10.1. The van der Waals surface area contributed by atoms with E-state index in [1.165, 1.54) is 0 Å². The molecule has 0 N–H and O–H groups in total. The second-order valence-corrected chi connectivity index (χ2v) is 3.48. The van der Waals surface area contributed by atoms with Crippen molar-refractivity contribution >= 4 is 5.69 Å². The number of rotatable bonds is 5. The molecule has 1 aromatic carbocycles. The Bertz CT molecular complexity index is 457. The second kappa shape index (κ2) is 6.40. The SMILES string of the molecule is CCN(CCC#N)c1cc(OC)ccc1C#N. The van der Waals surface area contributed by atoms with Crippen molar-refractivity contribution < 1.29 is 4.74 Å². The normalized spacial score (nSPS) is 9.18. The van der Waals surface area contributed by atoms with E-state index in [1.54, 1.807) is 19.2 Å². The molecule has 1 rings (SSSR count). The topological polar surface area (TPSA) is 60.1 Å². The summed E-state index contributed by atoms with van der Waals surface area (Å²) in [6.07, 6.45) is 0.440. The van der Waals surface area contributed by atoms with E-state index in [9.17, 15) is 0 Å². The molecule has 0 saturated heterocycles. The van der Waals surface area contributed by atoms with Gasteiger partial charge in [0.05, 0.1) is 30.9 Å². The van der Waals surface area contributed by atoms with Crippen LogP contribution in [0.25, 0.3) is 0 Å². The van der Waals surface area contributed by atoms with Crippen molar-refractivity contribution in [2.75, 3.05) is 25.1 Å². The molecular formula is C13H15N3O. The summed E-state index contributed by atoms with van der Waals surface area (Å²) < 4.78 is 5.15. The highest BCUT2D eigenvalue weighted by Crippen LogP contribution is 2.25. The number of nitriles is 2. The highest BCUT2D eigenvalue weighted by molar-refractivity contribution is 5.62. The van der Waals surface area contributed by atoms with Gasteiger partial charge in [0.15, 0.2) is 0 Å². The molecule has 0 heterocycles. The molecule has 0 saturated carbocycles. The lowest BCUT2D eigenvalue weighted by atomic mass is 10.1. The highest BCUT2D eigenvalue weighted by Gasteiger charge is 2.10. The summed E-state index contributed by atoms with van der Waals surface area (Å²) in [7, 11) is 1.59. The van der Waals surface area contributed by atoms with Gasteiger partial charge in [-0.25, -0.2) is 0 Å². The smallest absolute Gasteiger partial charge is 0.121 e. The lowest BCUT2D eigenvalue weighted by Gasteiger charge is -2.23. The van der Waals surface area contributed by atoms with Gasteiger partial charge in [0.25, 0.3) is 0 Å². The predicted molar refractivity (Wildman–Crippen MR) is 65.8 cm³/mol. The van der Waals surface area contributed by atoms with Crippen molar-refractivity contribution in [1.82, 2.24) is 0 Å². The molecule has 0 unspecified atom stereocenters. The summed E-state index contributed by atoms with van der Waals surface area (Å²) in [5.74, 6) is 0.717. The first-order valence-corrected chi connectivity index (χ1v) is 5.46. The molecule has 17 heavy (non-hydrogen) atoms. The fraction of sp³-hybridized carbons (Fsp3) is 0.385. The van der Waals surface area contributed by atoms with Crippen LogP contribution in [0.4, 0.5) is 5.69 Å². The number of hydrogen-bond acceptors (Lipinski definition) is 4. The third kappa shape index (κ3) is 3.12. The lowest BCUT2D eigenvalue weighted by molar-refractivity contribution is 0.414. The third-order valence-electron chi connectivity index (χ3n) is 2.54. The van der Waals surface area contributed by atoms with Gasteiger partial charge in [-0.2, -0.15) is 10.5 Å². The molecule has 0 spiro atoms. The minimum Gasteiger partial charge on any atom is -0.497 e. The summed E-state index contributed by atoms with van der Waals surface area (Å²) >= 11 is 0. The van der Waals surface area contributed by atoms with Crippen molar-refractivity contribution in [2.24, 2.45) is 0 Å². The molecule has 0 aromatic heterocycles. The van der Waals surface area contributed by atoms with Gasteiger partial charge in [0.2, 0.25) is 0 Å². The Morgan fingerprint density at radius 3 is 2.65 bits per heavy atom. The van der Waals surface area contributed by atoms with E-state index in [2.05, 4.69) is 12.1 Å². The Morgan fingerprint density at radius 2 is 2.12 bits per heavy atom. The van der Waals surface area contributed by atoms with Crippen molar-refractivity contribution in [2.45, 2.75) is 13.3 Å². The van der Waals surface area contributed by atoms with E-state index >= 15 is 0 Å². The molecule has 0 atom stereocenters. The lowest BCUT2D eigenvalue weighted by Crippen LogP contribution is -2.24. The van der Waals surface area contributed by atoms with Crippen LogP contribution in [-0.2, 0) is 0 Å². The largest absolute Gasteiger partial charge is 0.497 e. The van der Waals surface area contributed by atoms with Gasteiger partial charge in [0.1, 0.15) is 11.8 Å². The van der Waals surface area contributed by atoms with Gasteiger partial charge in [-0.05, 0) is 19.1 Å². The fourth-order valence-corrected chi connectivity index (χ4v) is 1.63. The molecule has 0 aliphatic heterocycles. The van der Waals surface area contributed by atoms with E-state index < -0.39 is 0 Å². The summed E-state index contributed by atoms with van der Waals surface area (Å²) in [5, 5.41) is 17.7. The summed E-state index contributed by atoms with van der Waals surface area (Å²) in [6, 6.07) is 9.61. The monoisotopic (exact) mass is 229 g/mol. The Balaban J connectivity index is 3.07. The third-order valence-corrected chi connectivity index (χ3v) is 2.54. The van der Waals surface area contributed by atoms with E-state index in [0.717, 1.165) is 18.0 Å². The minimum absolute atomic E-state index is 0.440. The van der Waals surface area contributed by atoms with E-state index in [4.69, 9.17) is 15.3 Å². The summed E-state index contributed by atoms with van der Waals surface area (Å²) in [4.78, 5) is 2.00. The van der Waals surface area contributed by atoms with Gasteiger partial charge in [0, 0.05) is 19.2 Å². The van der Waals surface area contributed by atoms with E-state index in [1.807, 2.05) is 17.9 Å². The maximum absolute atomic E-state index is 9.07. The van der Waals surface area contributed by atoms with Crippen molar-refractivity contribution in [3.63, 3.8) is 0 Å². The van der Waals surface area contributed by atoms with Gasteiger partial charge in [-0.15, -0.1) is 0 Å². The predicted octanol–water partition coefficient (Wildman–Crippen LogP) is 2.31. The Labute approximate surface area is 102 Å². The van der Waals surface area contributed by atoms with Crippen molar-refractivity contribution in [1.29, 1.82) is 10.5 Å². The quantitative estimate of drug-likeness (QED) is 0.777. The second-order valence-electron chi connectivity index (χ2n) is 3.48. The number of nitrogens with zero attached hydrogens (tertiary/aromatic N) is 3. The van der Waals surface area contributed by atoms with Gasteiger partial charge in [-0.1, -0.05) is 0 Å². The molecule has 4 nitrogen and oxygen atoms in total. The molecule has 0 aliphatic rings. The standard InChI is InChI=1S/C13H15N3O/c1-3-16(8-4-7-14)13-9-12(17-2)6-5-11(13)10-15/h5-6,9H,3-4,8H2,1-2H3. The van der Waals surface area contributed by atoms with Gasteiger partial charge in [-0.3, -0.25) is 0 Å². The zero-order chi connectivity index (χ0) is 12.7. The first kappa shape index (κ1) is 12.9. The van der Waals surface area contributed by atoms with Crippen LogP contribution in [0.5, 0.6) is 5.75 Å². The Morgan fingerprint density at radius 1 is 1.35 bits per heavy atom. The Hall–Kier alpha value is -2.20. The molecule has 0 radical (unpaired) electrons. The van der Waals surface area contributed by atoms with Crippen LogP contribution in [0.1, 0.15) is 18.9 Å². The van der Waals surface area contributed by atoms with Crippen molar-refractivity contribution in [3.8, 4) is 17.9 Å². The first-order valence-electron chi connectivity index (χ1n) is 5.46. The maximum Gasteiger partial charge on any atom is 0.121 e. The minimum atomic E-state index is 0.440. The van der Waals surface area contributed by atoms with Crippen LogP contribution in [0.2, 0.25) is 0 Å². The fourth-order valence-electron chi connectivity index (χ4n) is 1.63. The number of benzene rings is 1. The number of methoxy groups -OCH3 is 1. The molecule has 4 heteroatoms. The van der Waals surface area contributed by atoms with Crippen LogP contribution in [0.3, 0.4) is 0 Å². The molecule has 88 valence electrons. The first-order chi connectivity index (χ1) is 8.26. The zero-order valence-electron chi connectivity index (χ0n) is 10.1. The van der Waals surface area contributed by atoms with Crippen LogP contribution in [0, 0.1) is 22.7 Å². The van der Waals surface area contributed by atoms with Crippen LogP contribution >= 0.6 is 0 Å². The number of ether oxygens (including phenoxy) is 1. The van der Waals surface area contributed by atoms with Crippen LogP contribution < -0.4 is 9.64 Å². The molecule has 0 aliphatic carbocycles. The Kier molecular flexibility index (Phi) is 4.84. The number of anilines is 1. The molecule has 1 aromatic rings. The molecule has 0 fully saturated rings. The van der Waals surface area contributed by atoms with E-state index in [0.29, 0.717) is 18.5 Å². The molecule has 0 bridgehead atoms. The summed E-state index contributed by atoms with van der Waals surface area (Å²) in [6.45, 7) is 3.37. The average molecular weight is 229 g/mol. The molecule has 0 amide bonds. The van der Waals surface area contributed by atoms with Gasteiger partial charge >= 0.3 is 0 Å². The van der Waals surface area contributed by atoms with Crippen LogP contribution in [0.15, 0.2) is 18.2 Å². The van der Waals surface area contributed by atoms with Crippen LogP contribution in [-0.4, -0.2) is 20.2 Å².